The van der Waals surface area contributed by atoms with Crippen molar-refractivity contribution < 1.29 is 33.3 Å². The number of thiophene rings is 1. The quantitative estimate of drug-likeness (QED) is 0.470. The van der Waals surface area contributed by atoms with Crippen molar-refractivity contribution >= 4 is 40.2 Å². The van der Waals surface area contributed by atoms with Gasteiger partial charge in [-0.1, -0.05) is 0 Å². The first-order valence-electron chi connectivity index (χ1n) is 8.21. The molecule has 0 saturated heterocycles. The number of esters is 1. The van der Waals surface area contributed by atoms with E-state index in [9.17, 15) is 14.4 Å². The Morgan fingerprint density at radius 2 is 1.72 bits per heavy atom. The maximum atomic E-state index is 11.9. The van der Waals surface area contributed by atoms with Crippen molar-refractivity contribution in [2.75, 3.05) is 33.3 Å². The van der Waals surface area contributed by atoms with Gasteiger partial charge in [0.05, 0.1) is 26.9 Å². The van der Waals surface area contributed by atoms with E-state index in [2.05, 4.69) is 5.32 Å². The van der Waals surface area contributed by atoms with Gasteiger partial charge in [0.2, 0.25) is 0 Å². The average Bonchev–Trinajstić information content (AvgIpc) is 3.18. The first-order chi connectivity index (χ1) is 13.9. The van der Waals surface area contributed by atoms with Gasteiger partial charge in [0.15, 0.2) is 18.1 Å². The van der Waals surface area contributed by atoms with Crippen LogP contribution in [-0.4, -0.2) is 45.7 Å². The topological polar surface area (TPSA) is 126 Å². The molecule has 0 aliphatic rings. The molecule has 0 saturated carbocycles. The number of benzene rings is 1. The fraction of sp³-hybridized carbons (Fsp3) is 0.211. The third-order valence-electron chi connectivity index (χ3n) is 3.66. The number of carbonyl (C=O) groups excluding carboxylic acids is 3. The van der Waals surface area contributed by atoms with E-state index < -0.39 is 24.4 Å². The second kappa shape index (κ2) is 10.1. The lowest BCUT2D eigenvalue weighted by atomic mass is 10.1. The highest BCUT2D eigenvalue weighted by Gasteiger charge is 2.14. The van der Waals surface area contributed by atoms with Crippen molar-refractivity contribution in [2.45, 2.75) is 0 Å². The molecule has 0 radical (unpaired) electrons. The molecule has 0 unspecified atom stereocenters. The Morgan fingerprint density at radius 1 is 1.07 bits per heavy atom. The summed E-state index contributed by atoms with van der Waals surface area (Å²) in [5.41, 5.74) is 5.95. The molecule has 0 bridgehead atoms. The van der Waals surface area contributed by atoms with E-state index in [1.165, 1.54) is 33.5 Å². The first-order valence-corrected chi connectivity index (χ1v) is 9.09. The van der Waals surface area contributed by atoms with Crippen LogP contribution in [0, 0.1) is 0 Å². The smallest absolute Gasteiger partial charge is 0.331 e. The van der Waals surface area contributed by atoms with Gasteiger partial charge in [0.1, 0.15) is 10.8 Å². The third-order valence-corrected chi connectivity index (χ3v) is 4.49. The predicted molar refractivity (Wildman–Crippen MR) is 108 cm³/mol. The lowest BCUT2D eigenvalue weighted by Gasteiger charge is -2.12. The summed E-state index contributed by atoms with van der Waals surface area (Å²) >= 11 is 1.14. The van der Waals surface area contributed by atoms with Gasteiger partial charge in [-0.15, -0.1) is 11.3 Å². The van der Waals surface area contributed by atoms with Crippen LogP contribution in [0.1, 0.15) is 15.9 Å². The Morgan fingerprint density at radius 3 is 2.34 bits per heavy atom. The molecular weight excluding hydrogens is 400 g/mol. The largest absolute Gasteiger partial charge is 0.496 e. The van der Waals surface area contributed by atoms with Gasteiger partial charge < -0.3 is 30.0 Å². The zero-order chi connectivity index (χ0) is 21.4. The highest BCUT2D eigenvalue weighted by molar-refractivity contribution is 7.14. The molecule has 2 amide bonds. The Hall–Kier alpha value is -3.53. The number of primary amides is 1. The number of carbonyl (C=O) groups is 3. The third kappa shape index (κ3) is 5.72. The first kappa shape index (κ1) is 21.8. The Labute approximate surface area is 171 Å². The minimum absolute atomic E-state index is 0.190. The Balaban J connectivity index is 1.98. The van der Waals surface area contributed by atoms with E-state index in [-0.39, 0.29) is 5.56 Å². The SMILES string of the molecule is COc1cc(OC)c(OC)cc1/C=C/C(=O)OCC(=O)Nc1sccc1C(N)=O. The molecule has 1 heterocycles. The van der Waals surface area contributed by atoms with Crippen LogP contribution in [0.3, 0.4) is 0 Å². The van der Waals surface area contributed by atoms with Gasteiger partial charge in [-0.05, 0) is 23.6 Å². The molecule has 0 aliphatic heterocycles. The minimum Gasteiger partial charge on any atom is -0.496 e. The number of nitrogens with one attached hydrogen (secondary N) is 1. The Kier molecular flexibility index (Phi) is 7.61. The number of methoxy groups -OCH3 is 3. The number of amides is 2. The van der Waals surface area contributed by atoms with Gasteiger partial charge in [-0.25, -0.2) is 4.79 Å². The highest BCUT2D eigenvalue weighted by atomic mass is 32.1. The van der Waals surface area contributed by atoms with Gasteiger partial charge in [-0.2, -0.15) is 0 Å². The van der Waals surface area contributed by atoms with Crippen LogP contribution in [0.4, 0.5) is 5.00 Å². The van der Waals surface area contributed by atoms with Crippen LogP contribution in [0.25, 0.3) is 6.08 Å². The molecule has 3 N–H and O–H groups in total. The Bertz CT molecular complexity index is 937. The molecule has 2 rings (SSSR count). The summed E-state index contributed by atoms with van der Waals surface area (Å²) in [5, 5.41) is 4.38. The molecule has 9 nitrogen and oxygen atoms in total. The van der Waals surface area contributed by atoms with E-state index in [4.69, 9.17) is 24.7 Å². The van der Waals surface area contributed by atoms with Crippen molar-refractivity contribution in [3.8, 4) is 17.2 Å². The molecular formula is C19H20N2O7S. The van der Waals surface area contributed by atoms with Gasteiger partial charge in [-0.3, -0.25) is 9.59 Å². The van der Waals surface area contributed by atoms with Crippen molar-refractivity contribution in [1.29, 1.82) is 0 Å². The van der Waals surface area contributed by atoms with E-state index in [0.29, 0.717) is 27.8 Å². The van der Waals surface area contributed by atoms with Crippen LogP contribution in [0.15, 0.2) is 29.7 Å². The zero-order valence-corrected chi connectivity index (χ0v) is 16.8. The molecule has 0 aliphatic carbocycles. The van der Waals surface area contributed by atoms with Gasteiger partial charge >= 0.3 is 5.97 Å². The number of rotatable bonds is 9. The molecule has 154 valence electrons. The van der Waals surface area contributed by atoms with Crippen molar-refractivity contribution in [3.63, 3.8) is 0 Å². The van der Waals surface area contributed by atoms with Gasteiger partial charge in [0, 0.05) is 17.7 Å². The molecule has 29 heavy (non-hydrogen) atoms. The maximum absolute atomic E-state index is 11.9. The molecule has 10 heteroatoms. The average molecular weight is 420 g/mol. The summed E-state index contributed by atoms with van der Waals surface area (Å²) in [6.07, 6.45) is 2.61. The number of hydrogen-bond donors (Lipinski definition) is 2. The molecule has 2 aromatic rings. The predicted octanol–water partition coefficient (Wildman–Crippen LogP) is 2.07. The lowest BCUT2D eigenvalue weighted by Crippen LogP contribution is -2.21. The summed E-state index contributed by atoms with van der Waals surface area (Å²) in [6, 6.07) is 4.75. The molecule has 0 spiro atoms. The highest BCUT2D eigenvalue weighted by Crippen LogP contribution is 2.35. The van der Waals surface area contributed by atoms with Crippen LogP contribution in [-0.2, 0) is 14.3 Å². The normalized spacial score (nSPS) is 10.4. The van der Waals surface area contributed by atoms with Crippen molar-refractivity contribution in [2.24, 2.45) is 5.73 Å². The number of nitrogens with two attached hydrogens (primary N) is 1. The summed E-state index contributed by atoms with van der Waals surface area (Å²) < 4.78 is 20.6. The minimum atomic E-state index is -0.738. The maximum Gasteiger partial charge on any atom is 0.331 e. The number of ether oxygens (including phenoxy) is 4. The second-order valence-electron chi connectivity index (χ2n) is 5.47. The summed E-state index contributed by atoms with van der Waals surface area (Å²) in [4.78, 5) is 35.1. The van der Waals surface area contributed by atoms with Crippen molar-refractivity contribution in [1.82, 2.24) is 0 Å². The summed E-state index contributed by atoms with van der Waals surface area (Å²) in [6.45, 7) is -0.525. The summed E-state index contributed by atoms with van der Waals surface area (Å²) in [5.74, 6) is -0.600. The van der Waals surface area contributed by atoms with Crippen LogP contribution in [0.2, 0.25) is 0 Å². The van der Waals surface area contributed by atoms with Crippen LogP contribution < -0.4 is 25.3 Å². The zero-order valence-electron chi connectivity index (χ0n) is 16.0. The molecule has 0 atom stereocenters. The fourth-order valence-corrected chi connectivity index (χ4v) is 3.10. The van der Waals surface area contributed by atoms with Crippen LogP contribution >= 0.6 is 11.3 Å². The second-order valence-corrected chi connectivity index (χ2v) is 6.38. The van der Waals surface area contributed by atoms with Gasteiger partial charge in [0.25, 0.3) is 11.8 Å². The van der Waals surface area contributed by atoms with E-state index >= 15 is 0 Å². The lowest BCUT2D eigenvalue weighted by molar-refractivity contribution is -0.142. The molecule has 0 fully saturated rings. The monoisotopic (exact) mass is 420 g/mol. The number of hydrogen-bond acceptors (Lipinski definition) is 8. The van der Waals surface area contributed by atoms with Crippen molar-refractivity contribution in [3.05, 3.63) is 40.8 Å². The standard InChI is InChI=1S/C19H20N2O7S/c1-25-13-9-15(27-3)14(26-2)8-11(13)4-5-17(23)28-10-16(22)21-19-12(18(20)24)6-7-29-19/h4-9H,10H2,1-3H3,(H2,20,24)(H,21,22)/b5-4+. The van der Waals surface area contributed by atoms with E-state index in [0.717, 1.165) is 17.4 Å². The molecule has 1 aromatic heterocycles. The fourth-order valence-electron chi connectivity index (χ4n) is 2.29. The molecule has 1 aromatic carbocycles. The van der Waals surface area contributed by atoms with Crippen LogP contribution in [0.5, 0.6) is 17.2 Å². The number of anilines is 1. The summed E-state index contributed by atoms with van der Waals surface area (Å²) in [7, 11) is 4.46. The van der Waals surface area contributed by atoms with E-state index in [1.807, 2.05) is 0 Å². The van der Waals surface area contributed by atoms with E-state index in [1.54, 1.807) is 17.5 Å².